The Bertz CT molecular complexity index is 599. The topological polar surface area (TPSA) is 29.0 Å². The third kappa shape index (κ3) is 3.05. The van der Waals surface area contributed by atoms with Crippen molar-refractivity contribution in [2.45, 2.75) is 19.8 Å². The van der Waals surface area contributed by atoms with Gasteiger partial charge in [0.15, 0.2) is 0 Å². The zero-order valence-electron chi connectivity index (χ0n) is 11.8. The fraction of sp³-hybridized carbons (Fsp3) is 0.294. The number of pyridine rings is 2. The third-order valence-electron chi connectivity index (χ3n) is 3.54. The Morgan fingerprint density at radius 1 is 1.05 bits per heavy atom. The summed E-state index contributed by atoms with van der Waals surface area (Å²) in [5.41, 5.74) is 4.31. The standard InChI is InChI=1S/C17H19N3/c1-14-12-17(20-10-4-5-11-20)13-16(19-14)8-7-15-6-2-3-9-18-15/h2-3,6-9,12-13H,4-5,10-11H2,1H3/b8-7+. The highest BCUT2D eigenvalue weighted by Crippen LogP contribution is 2.22. The first-order chi connectivity index (χ1) is 9.81. The van der Waals surface area contributed by atoms with Crippen molar-refractivity contribution >= 4 is 17.8 Å². The molecule has 0 atom stereocenters. The van der Waals surface area contributed by atoms with Gasteiger partial charge in [0, 0.05) is 30.7 Å². The van der Waals surface area contributed by atoms with Gasteiger partial charge in [0.25, 0.3) is 0 Å². The van der Waals surface area contributed by atoms with Crippen molar-refractivity contribution in [3.63, 3.8) is 0 Å². The van der Waals surface area contributed by atoms with Crippen LogP contribution in [0.5, 0.6) is 0 Å². The van der Waals surface area contributed by atoms with Crippen LogP contribution in [0.3, 0.4) is 0 Å². The van der Waals surface area contributed by atoms with E-state index in [0.717, 1.165) is 30.2 Å². The normalized spacial score (nSPS) is 15.2. The number of hydrogen-bond donors (Lipinski definition) is 0. The fourth-order valence-electron chi connectivity index (χ4n) is 2.56. The number of aryl methyl sites for hydroxylation is 1. The fourth-order valence-corrected chi connectivity index (χ4v) is 2.56. The highest BCUT2D eigenvalue weighted by Gasteiger charge is 2.13. The van der Waals surface area contributed by atoms with Gasteiger partial charge in [-0.25, -0.2) is 0 Å². The summed E-state index contributed by atoms with van der Waals surface area (Å²) in [4.78, 5) is 11.3. The van der Waals surface area contributed by atoms with Gasteiger partial charge in [-0.3, -0.25) is 9.97 Å². The van der Waals surface area contributed by atoms with E-state index in [1.165, 1.54) is 18.5 Å². The summed E-state index contributed by atoms with van der Waals surface area (Å²) in [6.45, 7) is 4.37. The van der Waals surface area contributed by atoms with Crippen molar-refractivity contribution in [3.8, 4) is 0 Å². The van der Waals surface area contributed by atoms with E-state index in [2.05, 4.69) is 33.9 Å². The molecule has 0 aliphatic carbocycles. The minimum Gasteiger partial charge on any atom is -0.371 e. The maximum Gasteiger partial charge on any atom is 0.0654 e. The van der Waals surface area contributed by atoms with Crippen molar-refractivity contribution in [3.05, 3.63) is 53.6 Å². The van der Waals surface area contributed by atoms with Gasteiger partial charge in [-0.1, -0.05) is 6.07 Å². The first-order valence-corrected chi connectivity index (χ1v) is 7.14. The number of nitrogens with zero attached hydrogens (tertiary/aromatic N) is 3. The second kappa shape index (κ2) is 5.87. The smallest absolute Gasteiger partial charge is 0.0654 e. The highest BCUT2D eigenvalue weighted by atomic mass is 15.1. The maximum atomic E-state index is 4.58. The SMILES string of the molecule is Cc1cc(N2CCCC2)cc(/C=C/c2ccccn2)n1. The molecule has 20 heavy (non-hydrogen) atoms. The summed E-state index contributed by atoms with van der Waals surface area (Å²) in [6.07, 6.45) is 8.43. The zero-order valence-corrected chi connectivity index (χ0v) is 11.8. The Hall–Kier alpha value is -2.16. The Morgan fingerprint density at radius 2 is 1.85 bits per heavy atom. The molecule has 1 saturated heterocycles. The minimum atomic E-state index is 0.957. The molecule has 0 radical (unpaired) electrons. The number of hydrogen-bond acceptors (Lipinski definition) is 3. The van der Waals surface area contributed by atoms with Crippen LogP contribution in [0, 0.1) is 6.92 Å². The van der Waals surface area contributed by atoms with Gasteiger partial charge in [0.05, 0.1) is 11.4 Å². The van der Waals surface area contributed by atoms with E-state index in [0.29, 0.717) is 0 Å². The Labute approximate surface area is 120 Å². The lowest BCUT2D eigenvalue weighted by atomic mass is 10.2. The second-order valence-corrected chi connectivity index (χ2v) is 5.17. The summed E-state index contributed by atoms with van der Waals surface area (Å²) in [6, 6.07) is 10.2. The second-order valence-electron chi connectivity index (χ2n) is 5.17. The molecule has 102 valence electrons. The van der Waals surface area contributed by atoms with E-state index in [9.17, 15) is 0 Å². The van der Waals surface area contributed by atoms with E-state index in [-0.39, 0.29) is 0 Å². The third-order valence-corrected chi connectivity index (χ3v) is 3.54. The molecule has 1 fully saturated rings. The molecule has 1 aliphatic heterocycles. The van der Waals surface area contributed by atoms with Crippen LogP contribution in [-0.2, 0) is 0 Å². The summed E-state index contributed by atoms with van der Waals surface area (Å²) >= 11 is 0. The lowest BCUT2D eigenvalue weighted by Gasteiger charge is -2.18. The summed E-state index contributed by atoms with van der Waals surface area (Å²) < 4.78 is 0. The van der Waals surface area contributed by atoms with Crippen molar-refractivity contribution < 1.29 is 0 Å². The van der Waals surface area contributed by atoms with Crippen molar-refractivity contribution in [1.82, 2.24) is 9.97 Å². The van der Waals surface area contributed by atoms with E-state index >= 15 is 0 Å². The quantitative estimate of drug-likeness (QED) is 0.849. The van der Waals surface area contributed by atoms with E-state index in [4.69, 9.17) is 0 Å². The van der Waals surface area contributed by atoms with Gasteiger partial charge < -0.3 is 4.90 Å². The van der Waals surface area contributed by atoms with Gasteiger partial charge in [0.1, 0.15) is 0 Å². The van der Waals surface area contributed by atoms with Crippen LogP contribution >= 0.6 is 0 Å². The average Bonchev–Trinajstić information content (AvgIpc) is 3.00. The number of anilines is 1. The van der Waals surface area contributed by atoms with Crippen molar-refractivity contribution in [2.75, 3.05) is 18.0 Å². The monoisotopic (exact) mass is 265 g/mol. The molecular weight excluding hydrogens is 246 g/mol. The molecule has 2 aromatic rings. The van der Waals surface area contributed by atoms with E-state index in [1.807, 2.05) is 30.4 Å². The van der Waals surface area contributed by atoms with Crippen LogP contribution in [0.15, 0.2) is 36.5 Å². The van der Waals surface area contributed by atoms with Crippen LogP contribution in [0.4, 0.5) is 5.69 Å². The van der Waals surface area contributed by atoms with Crippen LogP contribution in [0.2, 0.25) is 0 Å². The van der Waals surface area contributed by atoms with Crippen LogP contribution in [0.25, 0.3) is 12.2 Å². The van der Waals surface area contributed by atoms with Gasteiger partial charge in [-0.05, 0) is 56.2 Å². The highest BCUT2D eigenvalue weighted by molar-refractivity contribution is 5.68. The van der Waals surface area contributed by atoms with Crippen LogP contribution in [-0.4, -0.2) is 23.1 Å². The number of rotatable bonds is 3. The molecule has 3 heteroatoms. The molecule has 3 rings (SSSR count). The molecule has 0 N–H and O–H groups in total. The Morgan fingerprint density at radius 3 is 2.60 bits per heavy atom. The van der Waals surface area contributed by atoms with Crippen LogP contribution < -0.4 is 4.90 Å². The Balaban J connectivity index is 1.84. The Kier molecular flexibility index (Phi) is 3.77. The predicted molar refractivity (Wildman–Crippen MR) is 83.6 cm³/mol. The lowest BCUT2D eigenvalue weighted by molar-refractivity contribution is 0.949. The van der Waals surface area contributed by atoms with Gasteiger partial charge >= 0.3 is 0 Å². The minimum absolute atomic E-state index is 0.957. The molecule has 0 amide bonds. The van der Waals surface area contributed by atoms with Crippen LogP contribution in [0.1, 0.15) is 29.9 Å². The van der Waals surface area contributed by atoms with Crippen molar-refractivity contribution in [2.24, 2.45) is 0 Å². The summed E-state index contributed by atoms with van der Waals surface area (Å²) in [5, 5.41) is 0. The molecule has 0 saturated carbocycles. The van der Waals surface area contributed by atoms with Gasteiger partial charge in [0.2, 0.25) is 0 Å². The largest absolute Gasteiger partial charge is 0.371 e. The molecule has 0 unspecified atom stereocenters. The van der Waals surface area contributed by atoms with E-state index < -0.39 is 0 Å². The van der Waals surface area contributed by atoms with Gasteiger partial charge in [-0.15, -0.1) is 0 Å². The molecule has 1 aliphatic rings. The molecule has 2 aromatic heterocycles. The molecule has 3 nitrogen and oxygen atoms in total. The molecule has 0 spiro atoms. The average molecular weight is 265 g/mol. The van der Waals surface area contributed by atoms with Crippen molar-refractivity contribution in [1.29, 1.82) is 0 Å². The lowest BCUT2D eigenvalue weighted by Crippen LogP contribution is -2.17. The predicted octanol–water partition coefficient (Wildman–Crippen LogP) is 3.56. The zero-order chi connectivity index (χ0) is 13.8. The molecule has 3 heterocycles. The first kappa shape index (κ1) is 12.9. The molecular formula is C17H19N3. The maximum absolute atomic E-state index is 4.58. The summed E-state index contributed by atoms with van der Waals surface area (Å²) in [5.74, 6) is 0. The summed E-state index contributed by atoms with van der Waals surface area (Å²) in [7, 11) is 0. The van der Waals surface area contributed by atoms with Gasteiger partial charge in [-0.2, -0.15) is 0 Å². The molecule has 0 aromatic carbocycles. The molecule has 0 bridgehead atoms. The first-order valence-electron chi connectivity index (χ1n) is 7.14. The van der Waals surface area contributed by atoms with E-state index in [1.54, 1.807) is 6.20 Å². The number of aromatic nitrogens is 2.